The zero-order valence-corrected chi connectivity index (χ0v) is 13.7. The quantitative estimate of drug-likeness (QED) is 0.688. The summed E-state index contributed by atoms with van der Waals surface area (Å²) in [7, 11) is 0. The minimum absolute atomic E-state index is 0.205. The first-order valence-corrected chi connectivity index (χ1v) is 8.15. The van der Waals surface area contributed by atoms with Crippen LogP contribution in [0.5, 0.6) is 0 Å². The Morgan fingerprint density at radius 1 is 1.32 bits per heavy atom. The summed E-state index contributed by atoms with van der Waals surface area (Å²) in [5.74, 6) is -0.205. The Bertz CT molecular complexity index is 832. The molecule has 2 aromatic heterocycles. The van der Waals surface area contributed by atoms with Crippen LogP contribution in [-0.4, -0.2) is 22.0 Å². The van der Waals surface area contributed by atoms with Gasteiger partial charge in [-0.15, -0.1) is 11.3 Å². The number of carbonyl (C=O) groups excluding carboxylic acids is 1. The number of rotatable bonds is 4. The van der Waals surface area contributed by atoms with Gasteiger partial charge in [-0.2, -0.15) is 0 Å². The van der Waals surface area contributed by atoms with Crippen molar-refractivity contribution in [2.75, 3.05) is 6.61 Å². The summed E-state index contributed by atoms with van der Waals surface area (Å²) in [4.78, 5) is 17.2. The van der Waals surface area contributed by atoms with Crippen molar-refractivity contribution in [3.05, 3.63) is 46.6 Å². The van der Waals surface area contributed by atoms with Crippen LogP contribution in [0.2, 0.25) is 0 Å². The Morgan fingerprint density at radius 3 is 2.86 bits per heavy atom. The van der Waals surface area contributed by atoms with E-state index in [2.05, 4.69) is 37.0 Å². The van der Waals surface area contributed by atoms with Crippen LogP contribution in [0.1, 0.15) is 23.7 Å². The molecule has 0 aliphatic carbocycles. The summed E-state index contributed by atoms with van der Waals surface area (Å²) in [6.45, 7) is 6.42. The summed E-state index contributed by atoms with van der Waals surface area (Å²) < 4.78 is 6.99. The van der Waals surface area contributed by atoms with E-state index < -0.39 is 0 Å². The average molecular weight is 314 g/mol. The van der Waals surface area contributed by atoms with Crippen LogP contribution in [0.15, 0.2) is 29.8 Å². The summed E-state index contributed by atoms with van der Waals surface area (Å²) in [6, 6.07) is 6.34. The maximum absolute atomic E-state index is 11.7. The molecule has 22 heavy (non-hydrogen) atoms. The lowest BCUT2D eigenvalue weighted by Gasteiger charge is -2.02. The van der Waals surface area contributed by atoms with E-state index in [-0.39, 0.29) is 12.4 Å². The number of hydrogen-bond acceptors (Lipinski definition) is 4. The number of carbonyl (C=O) groups is 1. The van der Waals surface area contributed by atoms with Crippen molar-refractivity contribution >= 4 is 22.3 Å². The molecule has 0 saturated carbocycles. The van der Waals surface area contributed by atoms with Gasteiger partial charge in [0, 0.05) is 22.8 Å². The van der Waals surface area contributed by atoms with E-state index in [1.807, 2.05) is 22.9 Å². The number of aromatic nitrogens is 2. The standard InChI is InChI=1S/C17H18N2O2S/c1-4-21-16(20)8-14-10-22-17-18-15(9-19(14)17)13-6-5-11(2)12(3)7-13/h5-7,9-10H,4,8H2,1-3H3. The lowest BCUT2D eigenvalue weighted by Crippen LogP contribution is -2.08. The molecule has 2 heterocycles. The van der Waals surface area contributed by atoms with Gasteiger partial charge in [0.05, 0.1) is 18.7 Å². The van der Waals surface area contributed by atoms with Crippen LogP contribution in [0, 0.1) is 13.8 Å². The van der Waals surface area contributed by atoms with E-state index in [4.69, 9.17) is 4.74 Å². The first-order valence-electron chi connectivity index (χ1n) is 7.27. The smallest absolute Gasteiger partial charge is 0.311 e. The second kappa shape index (κ2) is 5.93. The third kappa shape index (κ3) is 2.76. The molecule has 0 bridgehead atoms. The van der Waals surface area contributed by atoms with E-state index in [0.717, 1.165) is 21.9 Å². The molecule has 3 aromatic rings. The lowest BCUT2D eigenvalue weighted by atomic mass is 10.1. The highest BCUT2D eigenvalue weighted by Gasteiger charge is 2.13. The monoisotopic (exact) mass is 314 g/mol. The Kier molecular flexibility index (Phi) is 3.98. The van der Waals surface area contributed by atoms with Crippen molar-refractivity contribution in [2.24, 2.45) is 0 Å². The first kappa shape index (κ1) is 14.8. The molecule has 0 radical (unpaired) electrons. The van der Waals surface area contributed by atoms with Crippen molar-refractivity contribution in [1.29, 1.82) is 0 Å². The van der Waals surface area contributed by atoms with E-state index in [0.29, 0.717) is 6.61 Å². The van der Waals surface area contributed by atoms with Gasteiger partial charge in [-0.25, -0.2) is 4.98 Å². The topological polar surface area (TPSA) is 43.6 Å². The third-order valence-corrected chi connectivity index (χ3v) is 4.61. The van der Waals surface area contributed by atoms with E-state index in [9.17, 15) is 4.79 Å². The molecule has 0 aliphatic rings. The fourth-order valence-electron chi connectivity index (χ4n) is 2.36. The summed E-state index contributed by atoms with van der Waals surface area (Å²) >= 11 is 1.54. The van der Waals surface area contributed by atoms with Gasteiger partial charge in [-0.1, -0.05) is 12.1 Å². The van der Waals surface area contributed by atoms with Crippen molar-refractivity contribution in [1.82, 2.24) is 9.38 Å². The van der Waals surface area contributed by atoms with Crippen LogP contribution in [-0.2, 0) is 16.0 Å². The number of aryl methyl sites for hydroxylation is 2. The van der Waals surface area contributed by atoms with Crippen molar-refractivity contribution in [3.63, 3.8) is 0 Å². The summed E-state index contributed by atoms with van der Waals surface area (Å²) in [6.07, 6.45) is 2.26. The van der Waals surface area contributed by atoms with Crippen molar-refractivity contribution in [2.45, 2.75) is 27.2 Å². The zero-order valence-electron chi connectivity index (χ0n) is 12.9. The van der Waals surface area contributed by atoms with E-state index >= 15 is 0 Å². The third-order valence-electron chi connectivity index (χ3n) is 3.72. The Morgan fingerprint density at radius 2 is 2.14 bits per heavy atom. The highest BCUT2D eigenvalue weighted by Crippen LogP contribution is 2.25. The number of esters is 1. The minimum Gasteiger partial charge on any atom is -0.466 e. The second-order valence-electron chi connectivity index (χ2n) is 5.29. The molecule has 0 amide bonds. The average Bonchev–Trinajstić information content (AvgIpc) is 3.04. The van der Waals surface area contributed by atoms with Crippen LogP contribution < -0.4 is 0 Å². The molecule has 0 atom stereocenters. The van der Waals surface area contributed by atoms with Crippen LogP contribution >= 0.6 is 11.3 Å². The molecule has 0 unspecified atom stereocenters. The molecule has 3 rings (SSSR count). The maximum Gasteiger partial charge on any atom is 0.311 e. The van der Waals surface area contributed by atoms with Crippen LogP contribution in [0.25, 0.3) is 16.2 Å². The maximum atomic E-state index is 11.7. The van der Waals surface area contributed by atoms with E-state index in [1.165, 1.54) is 11.1 Å². The molecule has 5 heteroatoms. The highest BCUT2D eigenvalue weighted by atomic mass is 32.1. The SMILES string of the molecule is CCOC(=O)Cc1csc2nc(-c3ccc(C)c(C)c3)cn12. The predicted octanol–water partition coefficient (Wildman–Crippen LogP) is 3.79. The molecule has 0 fully saturated rings. The zero-order chi connectivity index (χ0) is 15.7. The van der Waals surface area contributed by atoms with Gasteiger partial charge in [0.25, 0.3) is 0 Å². The van der Waals surface area contributed by atoms with Crippen LogP contribution in [0.4, 0.5) is 0 Å². The minimum atomic E-state index is -0.205. The molecular formula is C17H18N2O2S. The van der Waals surface area contributed by atoms with E-state index in [1.54, 1.807) is 11.3 Å². The largest absolute Gasteiger partial charge is 0.466 e. The molecule has 4 nitrogen and oxygen atoms in total. The molecule has 0 N–H and O–H groups in total. The molecule has 1 aromatic carbocycles. The number of benzene rings is 1. The molecule has 114 valence electrons. The van der Waals surface area contributed by atoms with Crippen LogP contribution in [0.3, 0.4) is 0 Å². The molecule has 0 saturated heterocycles. The first-order chi connectivity index (χ1) is 10.6. The number of fused-ring (bicyclic) bond motifs is 1. The van der Waals surface area contributed by atoms with Gasteiger partial charge in [0.1, 0.15) is 0 Å². The normalized spacial score (nSPS) is 11.0. The molecule has 0 aliphatic heterocycles. The Labute approximate surface area is 133 Å². The van der Waals surface area contributed by atoms with Gasteiger partial charge in [0.2, 0.25) is 0 Å². The fourth-order valence-corrected chi connectivity index (χ4v) is 3.23. The number of thiazole rings is 1. The van der Waals surface area contributed by atoms with Gasteiger partial charge in [-0.05, 0) is 38.0 Å². The predicted molar refractivity (Wildman–Crippen MR) is 88.3 cm³/mol. The fraction of sp³-hybridized carbons (Fsp3) is 0.294. The summed E-state index contributed by atoms with van der Waals surface area (Å²) in [5.41, 5.74) is 5.47. The summed E-state index contributed by atoms with van der Waals surface area (Å²) in [5, 5.41) is 1.96. The van der Waals surface area contributed by atoms with Gasteiger partial charge in [-0.3, -0.25) is 9.20 Å². The number of ether oxygens (including phenoxy) is 1. The number of imidazole rings is 1. The van der Waals surface area contributed by atoms with Gasteiger partial charge >= 0.3 is 5.97 Å². The number of hydrogen-bond donors (Lipinski definition) is 0. The second-order valence-corrected chi connectivity index (χ2v) is 6.12. The van der Waals surface area contributed by atoms with Gasteiger partial charge < -0.3 is 4.74 Å². The highest BCUT2D eigenvalue weighted by molar-refractivity contribution is 7.15. The molecular weight excluding hydrogens is 296 g/mol. The Hall–Kier alpha value is -2.14. The number of nitrogens with zero attached hydrogens (tertiary/aromatic N) is 2. The lowest BCUT2D eigenvalue weighted by molar-refractivity contribution is -0.142. The van der Waals surface area contributed by atoms with Crippen molar-refractivity contribution < 1.29 is 9.53 Å². The van der Waals surface area contributed by atoms with Crippen molar-refractivity contribution in [3.8, 4) is 11.3 Å². The van der Waals surface area contributed by atoms with Gasteiger partial charge in [0.15, 0.2) is 4.96 Å². The molecule has 0 spiro atoms. The Balaban J connectivity index is 1.94.